The van der Waals surface area contributed by atoms with E-state index < -0.39 is 5.60 Å². The molecule has 1 aliphatic rings. The Kier molecular flexibility index (Phi) is 7.23. The van der Waals surface area contributed by atoms with Gasteiger partial charge in [0.05, 0.1) is 6.10 Å². The second-order valence-electron chi connectivity index (χ2n) is 7.84. The minimum Gasteiger partial charge on any atom is -0.478 e. The highest BCUT2D eigenvalue weighted by Gasteiger charge is 2.31. The Morgan fingerprint density at radius 3 is 2.66 bits per heavy atom. The molecule has 3 rings (SSSR count). The average Bonchev–Trinajstić information content (AvgIpc) is 2.93. The predicted octanol–water partition coefficient (Wildman–Crippen LogP) is 3.39. The van der Waals surface area contributed by atoms with Crippen molar-refractivity contribution in [3.63, 3.8) is 0 Å². The number of hydrogen-bond acceptors (Lipinski definition) is 4. The number of halogens is 1. The lowest BCUT2D eigenvalue weighted by molar-refractivity contribution is -0.134. The molecule has 6 heteroatoms. The van der Waals surface area contributed by atoms with Gasteiger partial charge in [-0.15, -0.1) is 0 Å². The third-order valence-electron chi connectivity index (χ3n) is 4.91. The van der Waals surface area contributed by atoms with Crippen LogP contribution in [-0.4, -0.2) is 48.8 Å². The summed E-state index contributed by atoms with van der Waals surface area (Å²) in [6.07, 6.45) is 0.892. The van der Waals surface area contributed by atoms with Crippen molar-refractivity contribution in [2.45, 2.75) is 38.5 Å². The number of benzene rings is 2. The van der Waals surface area contributed by atoms with Crippen molar-refractivity contribution in [2.24, 2.45) is 0 Å². The molecule has 1 saturated heterocycles. The van der Waals surface area contributed by atoms with E-state index in [0.717, 1.165) is 26.1 Å². The average molecular weight is 400 g/mol. The predicted molar refractivity (Wildman–Crippen MR) is 110 cm³/mol. The molecule has 156 valence electrons. The first kappa shape index (κ1) is 21.3. The zero-order chi connectivity index (χ0) is 20.7. The fourth-order valence-electron chi connectivity index (χ4n) is 3.34. The van der Waals surface area contributed by atoms with Gasteiger partial charge in [0.2, 0.25) is 0 Å². The van der Waals surface area contributed by atoms with Crippen molar-refractivity contribution in [2.75, 3.05) is 26.2 Å². The van der Waals surface area contributed by atoms with E-state index in [1.165, 1.54) is 29.8 Å². The summed E-state index contributed by atoms with van der Waals surface area (Å²) in [5, 5.41) is 2.95. The number of hydrogen-bond donors (Lipinski definition) is 1. The van der Waals surface area contributed by atoms with Crippen molar-refractivity contribution < 1.29 is 18.7 Å². The highest BCUT2D eigenvalue weighted by atomic mass is 19.1. The molecule has 1 heterocycles. The molecule has 1 atom stereocenters. The fourth-order valence-corrected chi connectivity index (χ4v) is 3.34. The SMILES string of the molecule is CC(C)(Oc1ccc(F)cc1)C(=O)NCC1CN(Cc2ccccc2)CCCO1. The monoisotopic (exact) mass is 400 g/mol. The highest BCUT2D eigenvalue weighted by molar-refractivity contribution is 5.84. The van der Waals surface area contributed by atoms with Gasteiger partial charge in [-0.25, -0.2) is 4.39 Å². The van der Waals surface area contributed by atoms with Crippen LogP contribution in [0.25, 0.3) is 0 Å². The van der Waals surface area contributed by atoms with E-state index in [1.807, 2.05) is 18.2 Å². The van der Waals surface area contributed by atoms with Crippen molar-refractivity contribution in [3.8, 4) is 5.75 Å². The second-order valence-corrected chi connectivity index (χ2v) is 7.84. The number of rotatable bonds is 7. The zero-order valence-corrected chi connectivity index (χ0v) is 17.1. The van der Waals surface area contributed by atoms with Gasteiger partial charge in [-0.3, -0.25) is 9.69 Å². The molecule has 1 aliphatic heterocycles. The molecule has 0 bridgehead atoms. The molecule has 1 fully saturated rings. The Morgan fingerprint density at radius 1 is 1.21 bits per heavy atom. The molecule has 1 unspecified atom stereocenters. The van der Waals surface area contributed by atoms with Gasteiger partial charge in [0.25, 0.3) is 5.91 Å². The smallest absolute Gasteiger partial charge is 0.263 e. The molecule has 0 saturated carbocycles. The normalized spacial score (nSPS) is 18.1. The lowest BCUT2D eigenvalue weighted by Gasteiger charge is -2.28. The van der Waals surface area contributed by atoms with E-state index >= 15 is 0 Å². The van der Waals surface area contributed by atoms with E-state index in [0.29, 0.717) is 18.9 Å². The van der Waals surface area contributed by atoms with Crippen LogP contribution in [0, 0.1) is 5.82 Å². The quantitative estimate of drug-likeness (QED) is 0.774. The van der Waals surface area contributed by atoms with Crippen LogP contribution in [0.5, 0.6) is 5.75 Å². The Morgan fingerprint density at radius 2 is 1.93 bits per heavy atom. The lowest BCUT2D eigenvalue weighted by atomic mass is 10.1. The van der Waals surface area contributed by atoms with Crippen LogP contribution < -0.4 is 10.1 Å². The van der Waals surface area contributed by atoms with Gasteiger partial charge in [-0.1, -0.05) is 30.3 Å². The highest BCUT2D eigenvalue weighted by Crippen LogP contribution is 2.19. The molecule has 29 heavy (non-hydrogen) atoms. The van der Waals surface area contributed by atoms with Crippen LogP contribution in [0.4, 0.5) is 4.39 Å². The van der Waals surface area contributed by atoms with Crippen molar-refractivity contribution in [3.05, 3.63) is 66.0 Å². The van der Waals surface area contributed by atoms with Crippen LogP contribution >= 0.6 is 0 Å². The summed E-state index contributed by atoms with van der Waals surface area (Å²) in [6, 6.07) is 16.0. The van der Waals surface area contributed by atoms with Gasteiger partial charge in [0.1, 0.15) is 11.6 Å². The number of carbonyl (C=O) groups excluding carboxylic acids is 1. The largest absolute Gasteiger partial charge is 0.478 e. The summed E-state index contributed by atoms with van der Waals surface area (Å²) in [6.45, 7) is 7.09. The van der Waals surface area contributed by atoms with Crippen molar-refractivity contribution in [1.82, 2.24) is 10.2 Å². The third kappa shape index (κ3) is 6.54. The van der Waals surface area contributed by atoms with Crippen LogP contribution in [0.3, 0.4) is 0 Å². The van der Waals surface area contributed by atoms with Gasteiger partial charge in [-0.05, 0) is 50.1 Å². The number of nitrogens with zero attached hydrogens (tertiary/aromatic N) is 1. The first-order chi connectivity index (χ1) is 13.9. The van der Waals surface area contributed by atoms with Gasteiger partial charge in [0.15, 0.2) is 5.60 Å². The first-order valence-corrected chi connectivity index (χ1v) is 10.0. The van der Waals surface area contributed by atoms with Gasteiger partial charge < -0.3 is 14.8 Å². The molecule has 0 aromatic heterocycles. The van der Waals surface area contributed by atoms with E-state index in [1.54, 1.807) is 13.8 Å². The zero-order valence-electron chi connectivity index (χ0n) is 17.1. The minimum absolute atomic E-state index is 0.0771. The molecular formula is C23H29FN2O3. The summed E-state index contributed by atoms with van der Waals surface area (Å²) in [5.41, 5.74) is 0.192. The Hall–Kier alpha value is -2.44. The second kappa shape index (κ2) is 9.85. The van der Waals surface area contributed by atoms with E-state index in [2.05, 4.69) is 22.3 Å². The molecule has 0 aliphatic carbocycles. The summed E-state index contributed by atoms with van der Waals surface area (Å²) >= 11 is 0. The number of carbonyl (C=O) groups is 1. The number of ether oxygens (including phenoxy) is 2. The maximum absolute atomic E-state index is 13.1. The summed E-state index contributed by atoms with van der Waals surface area (Å²) in [5.74, 6) is -0.124. The Labute approximate surface area is 171 Å². The van der Waals surface area contributed by atoms with Crippen LogP contribution in [0.1, 0.15) is 25.8 Å². The molecule has 0 radical (unpaired) electrons. The molecular weight excluding hydrogens is 371 g/mol. The Balaban J connectivity index is 1.51. The van der Waals surface area contributed by atoms with Crippen LogP contribution in [0.15, 0.2) is 54.6 Å². The lowest BCUT2D eigenvalue weighted by Crippen LogP contribution is -2.49. The molecule has 5 nitrogen and oxygen atoms in total. The van der Waals surface area contributed by atoms with Crippen LogP contribution in [-0.2, 0) is 16.1 Å². The van der Waals surface area contributed by atoms with E-state index in [4.69, 9.17) is 9.47 Å². The first-order valence-electron chi connectivity index (χ1n) is 10.0. The van der Waals surface area contributed by atoms with Gasteiger partial charge in [0, 0.05) is 32.8 Å². The number of nitrogens with one attached hydrogen (secondary N) is 1. The molecule has 0 spiro atoms. The number of amides is 1. The van der Waals surface area contributed by atoms with Gasteiger partial charge >= 0.3 is 0 Å². The maximum Gasteiger partial charge on any atom is 0.263 e. The van der Waals surface area contributed by atoms with E-state index in [9.17, 15) is 9.18 Å². The van der Waals surface area contributed by atoms with Gasteiger partial charge in [-0.2, -0.15) is 0 Å². The summed E-state index contributed by atoms with van der Waals surface area (Å²) in [4.78, 5) is 15.0. The van der Waals surface area contributed by atoms with Crippen LogP contribution in [0.2, 0.25) is 0 Å². The molecule has 1 N–H and O–H groups in total. The minimum atomic E-state index is -1.08. The fraction of sp³-hybridized carbons (Fsp3) is 0.435. The van der Waals surface area contributed by atoms with E-state index in [-0.39, 0.29) is 17.8 Å². The molecule has 1 amide bonds. The molecule has 2 aromatic rings. The Bertz CT molecular complexity index is 780. The van der Waals surface area contributed by atoms with Crippen molar-refractivity contribution in [1.29, 1.82) is 0 Å². The third-order valence-corrected chi connectivity index (χ3v) is 4.91. The summed E-state index contributed by atoms with van der Waals surface area (Å²) < 4.78 is 24.7. The maximum atomic E-state index is 13.1. The summed E-state index contributed by atoms with van der Waals surface area (Å²) in [7, 11) is 0. The molecule has 2 aromatic carbocycles. The standard InChI is InChI=1S/C23H29FN2O3/c1-23(2,29-20-11-9-19(24)10-12-20)22(27)25-15-21-17-26(13-6-14-28-21)16-18-7-4-3-5-8-18/h3-5,7-12,21H,6,13-17H2,1-2H3,(H,25,27). The topological polar surface area (TPSA) is 50.8 Å². The van der Waals surface area contributed by atoms with Crippen molar-refractivity contribution >= 4 is 5.91 Å².